The Morgan fingerprint density at radius 3 is 2.45 bits per heavy atom. The van der Waals surface area contributed by atoms with Crippen molar-refractivity contribution in [3.8, 4) is 5.75 Å². The van der Waals surface area contributed by atoms with Gasteiger partial charge in [-0.2, -0.15) is 0 Å². The minimum atomic E-state index is -2.63. The van der Waals surface area contributed by atoms with E-state index in [1.54, 1.807) is 0 Å². The highest BCUT2D eigenvalue weighted by molar-refractivity contribution is 9.10. The standard InChI is InChI=1S/C7H5BrF2O/c8-4-1-2-6(11)5(3-4)7(9)10/h1-3,7,11H. The summed E-state index contributed by atoms with van der Waals surface area (Å²) in [5.74, 6) is -0.372. The van der Waals surface area contributed by atoms with Gasteiger partial charge in [0.2, 0.25) is 0 Å². The van der Waals surface area contributed by atoms with Crippen molar-refractivity contribution in [3.05, 3.63) is 28.2 Å². The lowest BCUT2D eigenvalue weighted by molar-refractivity contribution is 0.147. The topological polar surface area (TPSA) is 20.2 Å². The molecule has 1 aromatic carbocycles. The summed E-state index contributed by atoms with van der Waals surface area (Å²) < 4.78 is 24.6. The van der Waals surface area contributed by atoms with Gasteiger partial charge in [0.1, 0.15) is 5.75 Å². The minimum Gasteiger partial charge on any atom is -0.507 e. The third kappa shape index (κ3) is 1.89. The summed E-state index contributed by atoms with van der Waals surface area (Å²) >= 11 is 3.02. The van der Waals surface area contributed by atoms with Crippen LogP contribution in [-0.2, 0) is 0 Å². The van der Waals surface area contributed by atoms with E-state index in [0.717, 1.165) is 0 Å². The monoisotopic (exact) mass is 222 g/mol. The lowest BCUT2D eigenvalue weighted by atomic mass is 10.2. The summed E-state index contributed by atoms with van der Waals surface area (Å²) in [4.78, 5) is 0. The van der Waals surface area contributed by atoms with Crippen molar-refractivity contribution in [2.75, 3.05) is 0 Å². The second-order valence-electron chi connectivity index (χ2n) is 2.00. The average Bonchev–Trinajstić information content (AvgIpc) is 1.94. The first-order valence-corrected chi connectivity index (χ1v) is 3.67. The van der Waals surface area contributed by atoms with Crippen LogP contribution in [0.4, 0.5) is 8.78 Å². The Hall–Kier alpha value is -0.640. The lowest BCUT2D eigenvalue weighted by Crippen LogP contribution is -1.84. The molecule has 0 saturated heterocycles. The van der Waals surface area contributed by atoms with E-state index in [0.29, 0.717) is 4.47 Å². The Kier molecular flexibility index (Phi) is 2.44. The third-order valence-corrected chi connectivity index (χ3v) is 1.72. The van der Waals surface area contributed by atoms with Crippen LogP contribution in [0.15, 0.2) is 22.7 Å². The molecule has 0 bridgehead atoms. The van der Waals surface area contributed by atoms with Gasteiger partial charge in [-0.25, -0.2) is 8.78 Å². The molecule has 0 aliphatic heterocycles. The van der Waals surface area contributed by atoms with Crippen LogP contribution in [0.2, 0.25) is 0 Å². The van der Waals surface area contributed by atoms with Crippen molar-refractivity contribution in [1.82, 2.24) is 0 Å². The van der Waals surface area contributed by atoms with Gasteiger partial charge in [-0.05, 0) is 18.2 Å². The zero-order valence-electron chi connectivity index (χ0n) is 5.39. The Morgan fingerprint density at radius 2 is 2.00 bits per heavy atom. The van der Waals surface area contributed by atoms with E-state index in [-0.39, 0.29) is 11.3 Å². The van der Waals surface area contributed by atoms with Crippen molar-refractivity contribution >= 4 is 15.9 Å². The Balaban J connectivity index is 3.13. The fourth-order valence-corrected chi connectivity index (χ4v) is 1.08. The average molecular weight is 223 g/mol. The number of hydrogen-bond donors (Lipinski definition) is 1. The van der Waals surface area contributed by atoms with E-state index in [9.17, 15) is 8.78 Å². The van der Waals surface area contributed by atoms with Gasteiger partial charge >= 0.3 is 0 Å². The summed E-state index contributed by atoms with van der Waals surface area (Å²) in [5, 5.41) is 8.90. The van der Waals surface area contributed by atoms with Crippen LogP contribution in [0.1, 0.15) is 12.0 Å². The third-order valence-electron chi connectivity index (χ3n) is 1.22. The van der Waals surface area contributed by atoms with Crippen LogP contribution >= 0.6 is 15.9 Å². The van der Waals surface area contributed by atoms with Gasteiger partial charge < -0.3 is 5.11 Å². The largest absolute Gasteiger partial charge is 0.507 e. The van der Waals surface area contributed by atoms with E-state index in [1.165, 1.54) is 18.2 Å². The molecule has 1 nitrogen and oxygen atoms in total. The molecule has 0 spiro atoms. The number of alkyl halides is 2. The molecule has 0 radical (unpaired) electrons. The SMILES string of the molecule is Oc1ccc(Br)cc1C(F)F. The van der Waals surface area contributed by atoms with Crippen molar-refractivity contribution in [2.24, 2.45) is 0 Å². The van der Waals surface area contributed by atoms with Crippen LogP contribution in [-0.4, -0.2) is 5.11 Å². The number of halogens is 3. The summed E-state index contributed by atoms with van der Waals surface area (Å²) in [6.45, 7) is 0. The Labute approximate surface area is 70.8 Å². The molecule has 0 saturated carbocycles. The van der Waals surface area contributed by atoms with Crippen LogP contribution in [0.25, 0.3) is 0 Å². The van der Waals surface area contributed by atoms with Gasteiger partial charge in [0.15, 0.2) is 0 Å². The molecular formula is C7H5BrF2O. The highest BCUT2D eigenvalue weighted by Crippen LogP contribution is 2.30. The highest BCUT2D eigenvalue weighted by Gasteiger charge is 2.11. The first-order valence-electron chi connectivity index (χ1n) is 2.88. The zero-order valence-corrected chi connectivity index (χ0v) is 6.98. The molecule has 0 fully saturated rings. The molecule has 0 aliphatic rings. The van der Waals surface area contributed by atoms with E-state index < -0.39 is 6.43 Å². The highest BCUT2D eigenvalue weighted by atomic mass is 79.9. The number of benzene rings is 1. The van der Waals surface area contributed by atoms with Crippen LogP contribution in [0, 0.1) is 0 Å². The molecule has 0 heterocycles. The molecule has 4 heteroatoms. The van der Waals surface area contributed by atoms with Crippen molar-refractivity contribution in [3.63, 3.8) is 0 Å². The first kappa shape index (κ1) is 8.46. The quantitative estimate of drug-likeness (QED) is 0.775. The number of hydrogen-bond acceptors (Lipinski definition) is 1. The van der Waals surface area contributed by atoms with Gasteiger partial charge in [-0.15, -0.1) is 0 Å². The van der Waals surface area contributed by atoms with Gasteiger partial charge in [0, 0.05) is 4.47 Å². The number of rotatable bonds is 1. The summed E-state index contributed by atoms with van der Waals surface area (Å²) in [7, 11) is 0. The van der Waals surface area contributed by atoms with Crippen molar-refractivity contribution < 1.29 is 13.9 Å². The van der Waals surface area contributed by atoms with E-state index in [1.807, 2.05) is 0 Å². The molecule has 0 amide bonds. The van der Waals surface area contributed by atoms with Gasteiger partial charge in [0.25, 0.3) is 6.43 Å². The molecule has 0 aromatic heterocycles. The van der Waals surface area contributed by atoms with Gasteiger partial charge in [-0.3, -0.25) is 0 Å². The minimum absolute atomic E-state index is 0.348. The summed E-state index contributed by atoms with van der Waals surface area (Å²) in [6.07, 6.45) is -2.63. The molecule has 1 aromatic rings. The molecule has 1 N–H and O–H groups in total. The van der Waals surface area contributed by atoms with Gasteiger partial charge in [-0.1, -0.05) is 15.9 Å². The Morgan fingerprint density at radius 1 is 1.36 bits per heavy atom. The molecule has 11 heavy (non-hydrogen) atoms. The van der Waals surface area contributed by atoms with Crippen molar-refractivity contribution in [2.45, 2.75) is 6.43 Å². The van der Waals surface area contributed by atoms with Crippen LogP contribution in [0.5, 0.6) is 5.75 Å². The van der Waals surface area contributed by atoms with E-state index >= 15 is 0 Å². The van der Waals surface area contributed by atoms with E-state index in [4.69, 9.17) is 5.11 Å². The lowest BCUT2D eigenvalue weighted by Gasteiger charge is -2.02. The number of phenols is 1. The Bertz CT molecular complexity index is 263. The second-order valence-corrected chi connectivity index (χ2v) is 2.92. The van der Waals surface area contributed by atoms with Crippen LogP contribution < -0.4 is 0 Å². The van der Waals surface area contributed by atoms with E-state index in [2.05, 4.69) is 15.9 Å². The molecule has 0 unspecified atom stereocenters. The fourth-order valence-electron chi connectivity index (χ4n) is 0.700. The fraction of sp³-hybridized carbons (Fsp3) is 0.143. The maximum atomic E-state index is 12.0. The summed E-state index contributed by atoms with van der Waals surface area (Å²) in [5.41, 5.74) is -0.348. The zero-order chi connectivity index (χ0) is 8.43. The first-order chi connectivity index (χ1) is 5.11. The molecule has 0 atom stereocenters. The predicted molar refractivity (Wildman–Crippen MR) is 40.8 cm³/mol. The number of phenolic OH excluding ortho intramolecular Hbond substituents is 1. The number of aromatic hydroxyl groups is 1. The summed E-state index contributed by atoms with van der Waals surface area (Å²) in [6, 6.07) is 3.92. The molecule has 0 aliphatic carbocycles. The van der Waals surface area contributed by atoms with Crippen molar-refractivity contribution in [1.29, 1.82) is 0 Å². The van der Waals surface area contributed by atoms with Gasteiger partial charge in [0.05, 0.1) is 5.56 Å². The smallest absolute Gasteiger partial charge is 0.267 e. The maximum absolute atomic E-state index is 12.0. The molecule has 60 valence electrons. The molecular weight excluding hydrogens is 218 g/mol. The van der Waals surface area contributed by atoms with Crippen LogP contribution in [0.3, 0.4) is 0 Å². The molecule has 1 rings (SSSR count). The maximum Gasteiger partial charge on any atom is 0.267 e. The second kappa shape index (κ2) is 3.17. The predicted octanol–water partition coefficient (Wildman–Crippen LogP) is 3.09. The normalized spacial score (nSPS) is 10.5.